The number of ether oxygens (including phenoxy) is 1. The maximum Gasteiger partial charge on any atom is 0.276 e. The summed E-state index contributed by atoms with van der Waals surface area (Å²) in [5.41, 5.74) is 1.37. The zero-order chi connectivity index (χ0) is 16.7. The van der Waals surface area contributed by atoms with Gasteiger partial charge in [-0.15, -0.1) is 0 Å². The number of aliphatic hydroxyl groups is 1. The van der Waals surface area contributed by atoms with Crippen molar-refractivity contribution in [3.63, 3.8) is 0 Å². The summed E-state index contributed by atoms with van der Waals surface area (Å²) in [7, 11) is 0. The highest BCUT2D eigenvalue weighted by Gasteiger charge is 2.56. The smallest absolute Gasteiger partial charge is 0.276 e. The minimum Gasteiger partial charge on any atom is -0.392 e. The van der Waals surface area contributed by atoms with Crippen LogP contribution in [0.15, 0.2) is 4.52 Å². The van der Waals surface area contributed by atoms with Crippen molar-refractivity contribution in [1.82, 2.24) is 10.1 Å². The van der Waals surface area contributed by atoms with Crippen molar-refractivity contribution in [2.24, 2.45) is 5.41 Å². The normalized spacial score (nSPS) is 28.5. The van der Waals surface area contributed by atoms with Gasteiger partial charge < -0.3 is 19.3 Å². The first-order chi connectivity index (χ1) is 11.7. The van der Waals surface area contributed by atoms with E-state index >= 15 is 0 Å². The molecule has 2 aliphatic carbocycles. The Balaban J connectivity index is 1.44. The Kier molecular flexibility index (Phi) is 4.12. The second-order valence-electron chi connectivity index (χ2n) is 7.36. The van der Waals surface area contributed by atoms with Crippen LogP contribution in [0, 0.1) is 5.41 Å². The fourth-order valence-electron chi connectivity index (χ4n) is 4.65. The van der Waals surface area contributed by atoms with Crippen molar-refractivity contribution in [2.75, 3.05) is 19.7 Å². The number of aromatic nitrogens is 1. The lowest BCUT2D eigenvalue weighted by molar-refractivity contribution is -0.207. The first kappa shape index (κ1) is 16.1. The number of fused-ring (bicyclic) bond motifs is 1. The third-order valence-electron chi connectivity index (χ3n) is 6.24. The third-order valence-corrected chi connectivity index (χ3v) is 6.24. The van der Waals surface area contributed by atoms with Crippen LogP contribution in [0.25, 0.3) is 0 Å². The van der Waals surface area contributed by atoms with Crippen LogP contribution in [-0.4, -0.2) is 53.0 Å². The molecule has 24 heavy (non-hydrogen) atoms. The van der Waals surface area contributed by atoms with Gasteiger partial charge in [0.1, 0.15) is 5.76 Å². The monoisotopic (exact) mass is 334 g/mol. The lowest BCUT2D eigenvalue weighted by atomic mass is 9.58. The van der Waals surface area contributed by atoms with Crippen LogP contribution >= 0.6 is 0 Å². The summed E-state index contributed by atoms with van der Waals surface area (Å²) < 4.78 is 11.2. The van der Waals surface area contributed by atoms with E-state index in [2.05, 4.69) is 5.16 Å². The van der Waals surface area contributed by atoms with Crippen LogP contribution < -0.4 is 0 Å². The Morgan fingerprint density at radius 2 is 2.12 bits per heavy atom. The lowest BCUT2D eigenvalue weighted by Crippen LogP contribution is -2.62. The summed E-state index contributed by atoms with van der Waals surface area (Å²) in [4.78, 5) is 14.7. The Morgan fingerprint density at radius 1 is 1.38 bits per heavy atom. The molecule has 6 nitrogen and oxygen atoms in total. The zero-order valence-corrected chi connectivity index (χ0v) is 14.3. The first-order valence-corrected chi connectivity index (χ1v) is 9.22. The maximum atomic E-state index is 12.8. The van der Waals surface area contributed by atoms with E-state index in [0.717, 1.165) is 56.3 Å². The van der Waals surface area contributed by atoms with E-state index in [1.54, 1.807) is 0 Å². The first-order valence-electron chi connectivity index (χ1n) is 9.22. The van der Waals surface area contributed by atoms with Gasteiger partial charge in [-0.25, -0.2) is 0 Å². The Labute approximate surface area is 142 Å². The minimum absolute atomic E-state index is 0.0153. The number of nitrogens with zero attached hydrogens (tertiary/aromatic N) is 2. The molecule has 1 spiro atoms. The van der Waals surface area contributed by atoms with Gasteiger partial charge in [-0.3, -0.25) is 4.79 Å². The van der Waals surface area contributed by atoms with Gasteiger partial charge in [-0.1, -0.05) is 5.16 Å². The molecular weight excluding hydrogens is 308 g/mol. The number of aliphatic hydroxyl groups excluding tert-OH is 1. The number of piperidine rings is 1. The van der Waals surface area contributed by atoms with Gasteiger partial charge in [0.05, 0.1) is 12.2 Å². The molecule has 1 aliphatic heterocycles. The molecule has 6 heteroatoms. The third kappa shape index (κ3) is 2.39. The van der Waals surface area contributed by atoms with Crippen molar-refractivity contribution in [3.8, 4) is 0 Å². The standard InChI is InChI=1S/C18H26N2O4/c1-2-23-15-11-14(21)18(15)7-9-20(10-8-18)17(22)16-12-5-3-4-6-13(12)24-19-16/h14-15,21H,2-11H2,1H3. The summed E-state index contributed by atoms with van der Waals surface area (Å²) in [6.45, 7) is 3.97. The Hall–Kier alpha value is -1.40. The second-order valence-corrected chi connectivity index (χ2v) is 7.36. The average molecular weight is 334 g/mol. The van der Waals surface area contributed by atoms with Crippen molar-refractivity contribution < 1.29 is 19.2 Å². The van der Waals surface area contributed by atoms with Crippen molar-refractivity contribution in [3.05, 3.63) is 17.0 Å². The van der Waals surface area contributed by atoms with Gasteiger partial charge in [0, 0.05) is 43.5 Å². The van der Waals surface area contributed by atoms with Gasteiger partial charge >= 0.3 is 0 Å². The van der Waals surface area contributed by atoms with Crippen LogP contribution in [0.1, 0.15) is 60.8 Å². The van der Waals surface area contributed by atoms with E-state index in [1.165, 1.54) is 0 Å². The highest BCUT2D eigenvalue weighted by molar-refractivity contribution is 5.94. The van der Waals surface area contributed by atoms with E-state index in [4.69, 9.17) is 9.26 Å². The molecule has 0 bridgehead atoms. The highest BCUT2D eigenvalue weighted by atomic mass is 16.5. The highest BCUT2D eigenvalue weighted by Crippen LogP contribution is 2.51. The Bertz CT molecular complexity index is 617. The summed E-state index contributed by atoms with van der Waals surface area (Å²) in [6, 6.07) is 0. The number of hydrogen-bond donors (Lipinski definition) is 1. The molecule has 1 aromatic rings. The topological polar surface area (TPSA) is 75.8 Å². The number of carbonyl (C=O) groups is 1. The largest absolute Gasteiger partial charge is 0.392 e. The fraction of sp³-hybridized carbons (Fsp3) is 0.778. The number of carbonyl (C=O) groups excluding carboxylic acids is 1. The van der Waals surface area contributed by atoms with E-state index in [1.807, 2.05) is 11.8 Å². The molecule has 1 N–H and O–H groups in total. The molecule has 2 fully saturated rings. The molecular formula is C18H26N2O4. The second kappa shape index (κ2) is 6.15. The van der Waals surface area contributed by atoms with Crippen LogP contribution in [0.2, 0.25) is 0 Å². The molecule has 3 aliphatic rings. The molecule has 1 saturated carbocycles. The molecule has 1 aromatic heterocycles. The summed E-state index contributed by atoms with van der Waals surface area (Å²) in [5.74, 6) is 0.877. The minimum atomic E-state index is -0.300. The van der Waals surface area contributed by atoms with E-state index in [9.17, 15) is 9.90 Å². The molecule has 0 radical (unpaired) electrons. The average Bonchev–Trinajstić information content (AvgIpc) is 3.05. The van der Waals surface area contributed by atoms with Gasteiger partial charge in [-0.2, -0.15) is 0 Å². The molecule has 2 heterocycles. The van der Waals surface area contributed by atoms with E-state index in [-0.39, 0.29) is 23.5 Å². The van der Waals surface area contributed by atoms with Crippen LogP contribution in [0.5, 0.6) is 0 Å². The van der Waals surface area contributed by atoms with E-state index in [0.29, 0.717) is 25.4 Å². The predicted molar refractivity (Wildman–Crippen MR) is 86.8 cm³/mol. The summed E-state index contributed by atoms with van der Waals surface area (Å²) >= 11 is 0. The van der Waals surface area contributed by atoms with E-state index < -0.39 is 0 Å². The number of likely N-dealkylation sites (tertiary alicyclic amines) is 1. The van der Waals surface area contributed by atoms with Crippen molar-refractivity contribution >= 4 is 5.91 Å². The van der Waals surface area contributed by atoms with Crippen molar-refractivity contribution in [2.45, 2.75) is 64.1 Å². The van der Waals surface area contributed by atoms with Crippen molar-refractivity contribution in [1.29, 1.82) is 0 Å². The summed E-state index contributed by atoms with van der Waals surface area (Å²) in [5, 5.41) is 14.3. The summed E-state index contributed by atoms with van der Waals surface area (Å²) in [6.07, 6.45) is 6.14. The quantitative estimate of drug-likeness (QED) is 0.914. The molecule has 1 amide bonds. The van der Waals surface area contributed by atoms with Gasteiger partial charge in [0.15, 0.2) is 5.69 Å². The fourth-order valence-corrected chi connectivity index (χ4v) is 4.65. The number of aryl methyl sites for hydroxylation is 1. The Morgan fingerprint density at radius 3 is 2.83 bits per heavy atom. The number of amides is 1. The van der Waals surface area contributed by atoms with Gasteiger partial charge in [0.2, 0.25) is 0 Å². The molecule has 0 aromatic carbocycles. The maximum absolute atomic E-state index is 12.8. The lowest BCUT2D eigenvalue weighted by Gasteiger charge is -2.56. The number of rotatable bonds is 3. The van der Waals surface area contributed by atoms with Crippen LogP contribution in [-0.2, 0) is 17.6 Å². The molecule has 132 valence electrons. The van der Waals surface area contributed by atoms with Gasteiger partial charge in [0.25, 0.3) is 5.91 Å². The molecule has 2 atom stereocenters. The number of hydrogen-bond acceptors (Lipinski definition) is 5. The predicted octanol–water partition coefficient (Wildman–Crippen LogP) is 1.95. The SMILES string of the molecule is CCOC1CC(O)C12CCN(C(=O)c1noc3c1CCCC3)CC2. The molecule has 4 rings (SSSR count). The molecule has 1 saturated heterocycles. The van der Waals surface area contributed by atoms with Crippen LogP contribution in [0.3, 0.4) is 0 Å². The molecule has 2 unspecified atom stereocenters. The van der Waals surface area contributed by atoms with Gasteiger partial charge in [-0.05, 0) is 39.0 Å². The van der Waals surface area contributed by atoms with Crippen LogP contribution in [0.4, 0.5) is 0 Å². The zero-order valence-electron chi connectivity index (χ0n) is 14.3.